The van der Waals surface area contributed by atoms with E-state index in [1.807, 2.05) is 19.9 Å². The fourth-order valence-corrected chi connectivity index (χ4v) is 13.3. The van der Waals surface area contributed by atoms with Crippen molar-refractivity contribution in [2.45, 2.75) is 174 Å². The predicted molar refractivity (Wildman–Crippen MR) is 204 cm³/mol. The number of carboxylic acids is 3. The summed E-state index contributed by atoms with van der Waals surface area (Å²) in [6.07, 6.45) is -13.4. The molecule has 0 aromatic heterocycles. The molecule has 19 atom stereocenters. The molecular weight excluding hydrogens is 811 g/mol. The van der Waals surface area contributed by atoms with Crippen LogP contribution in [0.2, 0.25) is 0 Å². The number of carbonyl (C=O) groups is 4. The molecule has 2 aliphatic heterocycles. The number of rotatable bonds is 7. The summed E-state index contributed by atoms with van der Waals surface area (Å²) in [5.74, 6) is -5.37. The van der Waals surface area contributed by atoms with Gasteiger partial charge in [0.25, 0.3) is 0 Å². The molecule has 7 aliphatic rings. The van der Waals surface area contributed by atoms with E-state index in [4.69, 9.17) is 18.9 Å². The monoisotopic (exact) mass is 878 g/mol. The fraction of sp³-hybridized carbons (Fsp3) is 0.857. The molecule has 2 heterocycles. The van der Waals surface area contributed by atoms with Crippen molar-refractivity contribution in [2.24, 2.45) is 50.2 Å². The van der Waals surface area contributed by atoms with E-state index in [0.717, 1.165) is 24.8 Å². The van der Waals surface area contributed by atoms with Gasteiger partial charge in [0.2, 0.25) is 0 Å². The summed E-state index contributed by atoms with van der Waals surface area (Å²) in [4.78, 5) is 50.9. The van der Waals surface area contributed by atoms with Crippen molar-refractivity contribution in [1.29, 1.82) is 0 Å². The maximum absolute atomic E-state index is 14.8. The van der Waals surface area contributed by atoms with Crippen molar-refractivity contribution in [3.63, 3.8) is 0 Å². The van der Waals surface area contributed by atoms with E-state index in [0.29, 0.717) is 38.5 Å². The molecule has 0 amide bonds. The van der Waals surface area contributed by atoms with E-state index >= 15 is 0 Å². The van der Waals surface area contributed by atoms with Gasteiger partial charge in [-0.15, -0.1) is 0 Å². The topological polar surface area (TPSA) is 349 Å². The summed E-state index contributed by atoms with van der Waals surface area (Å²) in [6.45, 7) is 14.6. The summed E-state index contributed by atoms with van der Waals surface area (Å²) >= 11 is 0. The van der Waals surface area contributed by atoms with Crippen molar-refractivity contribution in [3.8, 4) is 0 Å². The molecule has 7 rings (SSSR count). The third-order valence-electron chi connectivity index (χ3n) is 17.2. The average molecular weight is 879 g/mol. The van der Waals surface area contributed by atoms with Crippen LogP contribution in [0.3, 0.4) is 0 Å². The van der Waals surface area contributed by atoms with Gasteiger partial charge in [-0.3, -0.25) is 4.79 Å². The minimum atomic E-state index is -2.16. The molecule has 342 valence electrons. The van der Waals surface area contributed by atoms with Crippen molar-refractivity contribution in [3.05, 3.63) is 11.6 Å². The molecule has 2 saturated heterocycles. The van der Waals surface area contributed by atoms with Gasteiger partial charge in [0.05, 0.1) is 18.0 Å². The molecule has 5 aliphatic carbocycles. The van der Waals surface area contributed by atoms with Crippen LogP contribution >= 0.6 is 0 Å². The Morgan fingerprint density at radius 2 is 1.26 bits per heavy atom. The van der Waals surface area contributed by atoms with Crippen LogP contribution in [0, 0.1) is 50.2 Å². The maximum atomic E-state index is 14.8. The van der Waals surface area contributed by atoms with Gasteiger partial charge >= 0.3 is 29.6 Å². The number of hydrogen-bond acceptors (Lipinski definition) is 16. The van der Waals surface area contributed by atoms with Crippen LogP contribution < -0.4 is 57.2 Å². The Balaban J connectivity index is 0.00000273. The average Bonchev–Trinajstić information content (AvgIpc) is 3.13. The largest absolute Gasteiger partial charge is 1.00 e. The Labute approximate surface area is 378 Å². The number of hydrogen-bond donors (Lipinski definition) is 7. The van der Waals surface area contributed by atoms with E-state index in [1.54, 1.807) is 6.92 Å². The molecular formula is C42H67N2NaO16. The molecule has 4 saturated carbocycles. The number of fused-ring (bicyclic) bond motifs is 7. The summed E-state index contributed by atoms with van der Waals surface area (Å²) in [5, 5.41) is 89.2. The number of quaternary nitrogens is 2. The standard InChI is InChI=1S/C42H62O16.2H3N.Na/c1-37(2)21-8-11-42(7)31(20(43)16-18-19-17-39(4,36(53)54)13-12-38(19,3)14-15-41(18,42)6)40(21,5)10-9-22(37)55-35-30(26(47)25(46)29(57-35)33(51)52)58-34-27(48)23(44)24(45)28(56-34)32(49)50;;;/h16,19,21-31,34-35,44-48H,8-15,17H2,1-7H3,(H,49,50)(H,51,52)(H,53,54);2*1H3;/q;;;+1/p-1/t19-,21-,22-,23-,24-,25-,26-,27+,28-,29-,30+,31+,34-,35-,38+,39-,40-,41+,42+;;;/m0.../s1. The zero-order valence-electron chi connectivity index (χ0n) is 37.3. The first-order valence-corrected chi connectivity index (χ1v) is 20.7. The smallest absolute Gasteiger partial charge is 0.550 e. The number of aliphatic hydroxyl groups is 5. The Morgan fingerprint density at radius 3 is 1.84 bits per heavy atom. The number of allylic oxidation sites excluding steroid dienone is 2. The molecule has 0 spiro atoms. The van der Waals surface area contributed by atoms with Gasteiger partial charge in [-0.25, -0.2) is 0 Å². The number of aliphatic hydroxyl groups excluding tert-OH is 5. The maximum Gasteiger partial charge on any atom is 1.00 e. The van der Waals surface area contributed by atoms with E-state index in [1.165, 1.54) is 0 Å². The first-order chi connectivity index (χ1) is 26.8. The van der Waals surface area contributed by atoms with Gasteiger partial charge in [0, 0.05) is 17.3 Å². The zero-order chi connectivity index (χ0) is 42.9. The first kappa shape index (κ1) is 52.0. The Kier molecular flexibility index (Phi) is 14.8. The molecule has 0 aromatic rings. The molecule has 0 bridgehead atoms. The van der Waals surface area contributed by atoms with E-state index < -0.39 is 107 Å². The van der Waals surface area contributed by atoms with Crippen molar-refractivity contribution in [1.82, 2.24) is 12.3 Å². The normalized spacial score (nSPS) is 50.0. The van der Waals surface area contributed by atoms with Gasteiger partial charge in [-0.1, -0.05) is 54.0 Å². The van der Waals surface area contributed by atoms with Gasteiger partial charge in [0.1, 0.15) is 48.8 Å². The minimum absolute atomic E-state index is 0. The quantitative estimate of drug-likeness (QED) is 0.0947. The van der Waals surface area contributed by atoms with Crippen molar-refractivity contribution < 1.29 is 109 Å². The van der Waals surface area contributed by atoms with Crippen LogP contribution in [0.25, 0.3) is 0 Å². The van der Waals surface area contributed by atoms with Gasteiger partial charge < -0.3 is 86.5 Å². The number of carbonyl (C=O) groups excluding carboxylic acids is 4. The van der Waals surface area contributed by atoms with Crippen molar-refractivity contribution >= 4 is 23.7 Å². The molecule has 6 fully saturated rings. The van der Waals surface area contributed by atoms with Crippen LogP contribution in [-0.4, -0.2) is 117 Å². The van der Waals surface area contributed by atoms with Gasteiger partial charge in [0.15, 0.2) is 18.4 Å². The summed E-state index contributed by atoms with van der Waals surface area (Å²) < 4.78 is 23.1. The third kappa shape index (κ3) is 7.79. The summed E-state index contributed by atoms with van der Waals surface area (Å²) in [6, 6.07) is 0. The van der Waals surface area contributed by atoms with Crippen LogP contribution in [-0.2, 0) is 38.1 Å². The van der Waals surface area contributed by atoms with Gasteiger partial charge in [-0.2, -0.15) is 0 Å². The first-order valence-electron chi connectivity index (χ1n) is 20.7. The number of aliphatic carboxylic acids is 3. The SMILES string of the molecule is CC1(C)[C@@H](O[C@H]2O[C@H](C(=O)[O-])[C@@H](O)[C@H](O)[C@H]2O[C@@H]2O[C@H](C(=O)[O-])[C@@H](O)[C@H](O)[C@H]2O)CC[C@]2(C)[C@H]3C(=O)C=C4[C@@H]5C[C@@](C)(C(=O)[O-])CC[C@]5(C)CC[C@@]4(C)[C@]3(C)CC[C@@H]12.[NH4+].[NH4+].[Na+]. The molecule has 0 aromatic carbocycles. The Bertz CT molecular complexity index is 1750. The van der Waals surface area contributed by atoms with E-state index in [9.17, 15) is 60.0 Å². The van der Waals surface area contributed by atoms with Crippen LogP contribution in [0.4, 0.5) is 0 Å². The molecule has 19 heteroatoms. The van der Waals surface area contributed by atoms with Crippen molar-refractivity contribution in [2.75, 3.05) is 0 Å². The molecule has 0 radical (unpaired) electrons. The van der Waals surface area contributed by atoms with Crippen LogP contribution in [0.5, 0.6) is 0 Å². The number of ketones is 1. The Morgan fingerprint density at radius 1 is 0.705 bits per heavy atom. The fourth-order valence-electron chi connectivity index (χ4n) is 13.3. The minimum Gasteiger partial charge on any atom is -0.550 e. The molecule has 18 nitrogen and oxygen atoms in total. The van der Waals surface area contributed by atoms with Crippen LogP contribution in [0.1, 0.15) is 106 Å². The second kappa shape index (κ2) is 17.3. The van der Waals surface area contributed by atoms with E-state index in [-0.39, 0.29) is 76.2 Å². The summed E-state index contributed by atoms with van der Waals surface area (Å²) in [5.41, 5.74) is -2.11. The Hall–Kier alpha value is -1.62. The third-order valence-corrected chi connectivity index (χ3v) is 17.2. The zero-order valence-corrected chi connectivity index (χ0v) is 39.3. The summed E-state index contributed by atoms with van der Waals surface area (Å²) in [7, 11) is 0. The second-order valence-corrected chi connectivity index (χ2v) is 20.6. The molecule has 0 unspecified atom stereocenters. The van der Waals surface area contributed by atoms with Gasteiger partial charge in [-0.05, 0) is 103 Å². The number of ether oxygens (including phenoxy) is 4. The van der Waals surface area contributed by atoms with E-state index in [2.05, 4.69) is 27.7 Å². The predicted octanol–water partition coefficient (Wildman–Crippen LogP) is -4.00. The molecule has 13 N–H and O–H groups in total. The number of carboxylic acid groups (broad SMARTS) is 3. The van der Waals surface area contributed by atoms with Crippen LogP contribution in [0.15, 0.2) is 11.6 Å². The molecule has 61 heavy (non-hydrogen) atoms. The second-order valence-electron chi connectivity index (χ2n) is 20.6.